The predicted molar refractivity (Wildman–Crippen MR) is 63.3 cm³/mol. The quantitative estimate of drug-likeness (QED) is 0.542. The predicted octanol–water partition coefficient (Wildman–Crippen LogP) is 3.68. The van der Waals surface area contributed by atoms with E-state index in [4.69, 9.17) is 9.47 Å². The van der Waals surface area contributed by atoms with Gasteiger partial charge in [-0.05, 0) is 38.7 Å². The van der Waals surface area contributed by atoms with Crippen molar-refractivity contribution in [2.45, 2.75) is 52.1 Å². The zero-order valence-electron chi connectivity index (χ0n) is 10.3. The van der Waals surface area contributed by atoms with Crippen LogP contribution in [0.5, 0.6) is 0 Å². The molecule has 0 saturated heterocycles. The van der Waals surface area contributed by atoms with E-state index in [1.165, 1.54) is 32.1 Å². The van der Waals surface area contributed by atoms with Gasteiger partial charge in [0.2, 0.25) is 0 Å². The van der Waals surface area contributed by atoms with E-state index >= 15 is 0 Å². The Labute approximate surface area is 97.8 Å². The van der Waals surface area contributed by atoms with E-state index in [9.17, 15) is 4.79 Å². The second kappa shape index (κ2) is 7.31. The van der Waals surface area contributed by atoms with Gasteiger partial charge in [0.1, 0.15) is 6.10 Å². The SMILES string of the molecule is CCOC(=O)OC(C)/C=C/C1CCCCC1. The Morgan fingerprint density at radius 2 is 2.06 bits per heavy atom. The number of rotatable bonds is 4. The summed E-state index contributed by atoms with van der Waals surface area (Å²) < 4.78 is 9.74. The van der Waals surface area contributed by atoms with Crippen molar-refractivity contribution in [2.75, 3.05) is 6.61 Å². The average Bonchev–Trinajstić information content (AvgIpc) is 2.28. The van der Waals surface area contributed by atoms with Crippen molar-refractivity contribution in [2.24, 2.45) is 5.92 Å². The summed E-state index contributed by atoms with van der Waals surface area (Å²) in [5, 5.41) is 0. The first-order valence-corrected chi connectivity index (χ1v) is 6.24. The Bertz CT molecular complexity index is 229. The molecule has 0 aliphatic heterocycles. The van der Waals surface area contributed by atoms with Crippen molar-refractivity contribution in [3.63, 3.8) is 0 Å². The highest BCUT2D eigenvalue weighted by molar-refractivity contribution is 5.60. The molecule has 3 heteroatoms. The lowest BCUT2D eigenvalue weighted by molar-refractivity contribution is 0.0452. The minimum absolute atomic E-state index is 0.194. The summed E-state index contributed by atoms with van der Waals surface area (Å²) in [6.07, 6.45) is 9.91. The fourth-order valence-corrected chi connectivity index (χ4v) is 1.98. The number of allylic oxidation sites excluding steroid dienone is 1. The molecular weight excluding hydrogens is 204 g/mol. The maximum absolute atomic E-state index is 11.0. The summed E-state index contributed by atoms with van der Waals surface area (Å²) in [7, 11) is 0. The van der Waals surface area contributed by atoms with E-state index in [-0.39, 0.29) is 6.10 Å². The van der Waals surface area contributed by atoms with Gasteiger partial charge in [0.15, 0.2) is 0 Å². The number of hydrogen-bond donors (Lipinski definition) is 0. The van der Waals surface area contributed by atoms with Crippen LogP contribution in [-0.2, 0) is 9.47 Å². The second-order valence-corrected chi connectivity index (χ2v) is 4.29. The molecule has 1 fully saturated rings. The lowest BCUT2D eigenvalue weighted by Gasteiger charge is -2.18. The normalized spacial score (nSPS) is 19.6. The molecule has 1 atom stereocenters. The van der Waals surface area contributed by atoms with E-state index in [1.54, 1.807) is 6.92 Å². The van der Waals surface area contributed by atoms with Crippen molar-refractivity contribution in [1.29, 1.82) is 0 Å². The first kappa shape index (κ1) is 13.1. The van der Waals surface area contributed by atoms with Gasteiger partial charge in [0.05, 0.1) is 6.61 Å². The monoisotopic (exact) mass is 226 g/mol. The largest absolute Gasteiger partial charge is 0.508 e. The van der Waals surface area contributed by atoms with Gasteiger partial charge in [-0.1, -0.05) is 25.3 Å². The van der Waals surface area contributed by atoms with Gasteiger partial charge in [-0.3, -0.25) is 0 Å². The third-order valence-electron chi connectivity index (χ3n) is 2.85. The fraction of sp³-hybridized carbons (Fsp3) is 0.769. The van der Waals surface area contributed by atoms with Crippen LogP contribution in [0.3, 0.4) is 0 Å². The summed E-state index contributed by atoms with van der Waals surface area (Å²) in [5.41, 5.74) is 0. The van der Waals surface area contributed by atoms with Crippen molar-refractivity contribution in [1.82, 2.24) is 0 Å². The highest BCUT2D eigenvalue weighted by atomic mass is 16.7. The van der Waals surface area contributed by atoms with Gasteiger partial charge in [-0.2, -0.15) is 0 Å². The van der Waals surface area contributed by atoms with Crippen LogP contribution in [0.2, 0.25) is 0 Å². The summed E-state index contributed by atoms with van der Waals surface area (Å²) in [5.74, 6) is 0.669. The van der Waals surface area contributed by atoms with Crippen LogP contribution in [0.4, 0.5) is 4.79 Å². The molecule has 0 aromatic heterocycles. The van der Waals surface area contributed by atoms with Crippen LogP contribution in [0.1, 0.15) is 46.0 Å². The molecule has 1 rings (SSSR count). The summed E-state index contributed by atoms with van der Waals surface area (Å²) in [6, 6.07) is 0. The highest BCUT2D eigenvalue weighted by Gasteiger charge is 2.11. The van der Waals surface area contributed by atoms with Gasteiger partial charge >= 0.3 is 6.16 Å². The summed E-state index contributed by atoms with van der Waals surface area (Å²) in [4.78, 5) is 11.0. The second-order valence-electron chi connectivity index (χ2n) is 4.29. The Morgan fingerprint density at radius 1 is 1.38 bits per heavy atom. The zero-order valence-corrected chi connectivity index (χ0v) is 10.3. The van der Waals surface area contributed by atoms with Crippen LogP contribution >= 0.6 is 0 Å². The highest BCUT2D eigenvalue weighted by Crippen LogP contribution is 2.24. The van der Waals surface area contributed by atoms with Gasteiger partial charge < -0.3 is 9.47 Å². The molecule has 0 aromatic rings. The van der Waals surface area contributed by atoms with Crippen molar-refractivity contribution < 1.29 is 14.3 Å². The Balaban J connectivity index is 2.23. The molecule has 0 aromatic carbocycles. The molecule has 1 unspecified atom stereocenters. The average molecular weight is 226 g/mol. The van der Waals surface area contributed by atoms with Crippen LogP contribution in [0.15, 0.2) is 12.2 Å². The number of carbonyl (C=O) groups is 1. The third kappa shape index (κ3) is 5.19. The summed E-state index contributed by atoms with van der Waals surface area (Å²) >= 11 is 0. The number of carbonyl (C=O) groups excluding carboxylic acids is 1. The maximum atomic E-state index is 11.0. The lowest BCUT2D eigenvalue weighted by atomic mass is 9.89. The van der Waals surface area contributed by atoms with E-state index in [0.717, 1.165) is 0 Å². The van der Waals surface area contributed by atoms with Crippen molar-refractivity contribution >= 4 is 6.16 Å². The standard InChI is InChI=1S/C13H22O3/c1-3-15-13(14)16-11(2)9-10-12-7-5-4-6-8-12/h9-12H,3-8H2,1-2H3/b10-9+. The zero-order chi connectivity index (χ0) is 11.8. The molecule has 1 saturated carbocycles. The van der Waals surface area contributed by atoms with Crippen LogP contribution in [0.25, 0.3) is 0 Å². The minimum Gasteiger partial charge on any atom is -0.435 e. The topological polar surface area (TPSA) is 35.5 Å². The molecule has 1 aliphatic rings. The molecule has 0 amide bonds. The summed E-state index contributed by atoms with van der Waals surface area (Å²) in [6.45, 7) is 3.98. The number of hydrogen-bond acceptors (Lipinski definition) is 3. The molecule has 0 spiro atoms. The molecule has 0 bridgehead atoms. The van der Waals surface area contributed by atoms with Crippen molar-refractivity contribution in [3.05, 3.63) is 12.2 Å². The van der Waals surface area contributed by atoms with Crippen LogP contribution in [0, 0.1) is 5.92 Å². The molecule has 16 heavy (non-hydrogen) atoms. The van der Waals surface area contributed by atoms with Gasteiger partial charge in [-0.15, -0.1) is 0 Å². The third-order valence-corrected chi connectivity index (χ3v) is 2.85. The molecule has 1 aliphatic carbocycles. The van der Waals surface area contributed by atoms with E-state index in [2.05, 4.69) is 6.08 Å². The van der Waals surface area contributed by atoms with Gasteiger partial charge in [0, 0.05) is 0 Å². The van der Waals surface area contributed by atoms with E-state index < -0.39 is 6.16 Å². The van der Waals surface area contributed by atoms with Gasteiger partial charge in [-0.25, -0.2) is 4.79 Å². The maximum Gasteiger partial charge on any atom is 0.508 e. The first-order chi connectivity index (χ1) is 7.72. The minimum atomic E-state index is -0.580. The Hall–Kier alpha value is -0.990. The smallest absolute Gasteiger partial charge is 0.435 e. The molecule has 0 radical (unpaired) electrons. The van der Waals surface area contributed by atoms with Crippen LogP contribution < -0.4 is 0 Å². The number of ether oxygens (including phenoxy) is 2. The fourth-order valence-electron chi connectivity index (χ4n) is 1.98. The molecule has 3 nitrogen and oxygen atoms in total. The van der Waals surface area contributed by atoms with Crippen molar-refractivity contribution in [3.8, 4) is 0 Å². The first-order valence-electron chi connectivity index (χ1n) is 6.24. The van der Waals surface area contributed by atoms with E-state index in [1.807, 2.05) is 13.0 Å². The molecule has 0 heterocycles. The Kier molecular flexibility index (Phi) is 5.98. The molecular formula is C13H22O3. The molecule has 0 N–H and O–H groups in total. The lowest BCUT2D eigenvalue weighted by Crippen LogP contribution is -2.14. The van der Waals surface area contributed by atoms with Crippen LogP contribution in [-0.4, -0.2) is 18.9 Å². The molecule has 92 valence electrons. The van der Waals surface area contributed by atoms with Gasteiger partial charge in [0.25, 0.3) is 0 Å². The van der Waals surface area contributed by atoms with E-state index in [0.29, 0.717) is 12.5 Å². The Morgan fingerprint density at radius 3 is 2.69 bits per heavy atom.